The highest BCUT2D eigenvalue weighted by molar-refractivity contribution is 7.71. The average molecular weight is 319 g/mol. The molecule has 1 fully saturated rings. The van der Waals surface area contributed by atoms with Gasteiger partial charge in [-0.1, -0.05) is 0 Å². The minimum absolute atomic E-state index is 0.0488. The lowest BCUT2D eigenvalue weighted by atomic mass is 10.2. The van der Waals surface area contributed by atoms with Gasteiger partial charge >= 0.3 is 0 Å². The van der Waals surface area contributed by atoms with E-state index in [-0.39, 0.29) is 11.7 Å². The maximum atomic E-state index is 12.7. The van der Waals surface area contributed by atoms with E-state index in [1.807, 2.05) is 12.1 Å². The number of aromatic amines is 1. The molecule has 4 heterocycles. The normalized spacial score (nSPS) is 18.8. The Labute approximate surface area is 129 Å². The van der Waals surface area contributed by atoms with Gasteiger partial charge in [-0.05, 0) is 37.2 Å². The van der Waals surface area contributed by atoms with Crippen LogP contribution in [0.2, 0.25) is 0 Å². The van der Waals surface area contributed by atoms with Gasteiger partial charge in [0.15, 0.2) is 4.77 Å². The Morgan fingerprint density at radius 1 is 1.57 bits per heavy atom. The van der Waals surface area contributed by atoms with Crippen molar-refractivity contribution >= 4 is 44.0 Å². The number of thiophene rings is 1. The van der Waals surface area contributed by atoms with Crippen molar-refractivity contribution in [3.05, 3.63) is 33.5 Å². The number of ether oxygens (including phenoxy) is 1. The largest absolute Gasteiger partial charge is 0.376 e. The van der Waals surface area contributed by atoms with E-state index in [0.29, 0.717) is 16.0 Å². The van der Waals surface area contributed by atoms with E-state index in [2.05, 4.69) is 9.97 Å². The SMILES string of the molecule is O=c1c2sc3ncccc3c2[nH]c(=S)n1C[C@@H]1CCCO1. The first kappa shape index (κ1) is 13.1. The molecule has 0 spiro atoms. The number of rotatable bonds is 2. The highest BCUT2D eigenvalue weighted by Crippen LogP contribution is 2.28. The highest BCUT2D eigenvalue weighted by atomic mass is 32.1. The molecule has 0 bridgehead atoms. The molecule has 21 heavy (non-hydrogen) atoms. The summed E-state index contributed by atoms with van der Waals surface area (Å²) >= 11 is 6.77. The topological polar surface area (TPSA) is 59.9 Å². The zero-order valence-corrected chi connectivity index (χ0v) is 12.8. The minimum Gasteiger partial charge on any atom is -0.376 e. The van der Waals surface area contributed by atoms with Crippen LogP contribution < -0.4 is 5.56 Å². The van der Waals surface area contributed by atoms with Gasteiger partial charge in [0.1, 0.15) is 9.53 Å². The van der Waals surface area contributed by atoms with Gasteiger partial charge in [0, 0.05) is 18.2 Å². The third-order valence-electron chi connectivity index (χ3n) is 3.79. The molecule has 3 aromatic heterocycles. The smallest absolute Gasteiger partial charge is 0.272 e. The number of pyridine rings is 1. The lowest BCUT2D eigenvalue weighted by Gasteiger charge is -2.11. The van der Waals surface area contributed by atoms with Crippen LogP contribution in [0, 0.1) is 4.77 Å². The fourth-order valence-corrected chi connectivity index (χ4v) is 4.06. The van der Waals surface area contributed by atoms with E-state index in [4.69, 9.17) is 17.0 Å². The molecule has 0 amide bonds. The van der Waals surface area contributed by atoms with Crippen LogP contribution in [0.4, 0.5) is 0 Å². The monoisotopic (exact) mass is 319 g/mol. The standard InChI is InChI=1S/C14H13N3O2S2/c18-13-11-10(9-4-1-5-15-12(9)21-11)16-14(20)17(13)7-8-3-2-6-19-8/h1,4-5,8H,2-3,6-7H2,(H,16,20)/t8-/m0/s1. The number of nitrogens with zero attached hydrogens (tertiary/aromatic N) is 2. The van der Waals surface area contributed by atoms with Gasteiger partial charge in [-0.15, -0.1) is 11.3 Å². The molecule has 3 aromatic rings. The molecule has 0 saturated carbocycles. The zero-order valence-electron chi connectivity index (χ0n) is 11.2. The van der Waals surface area contributed by atoms with Gasteiger partial charge in [0.2, 0.25) is 0 Å². The molecule has 1 aliphatic rings. The zero-order chi connectivity index (χ0) is 14.4. The lowest BCUT2D eigenvalue weighted by molar-refractivity contribution is 0.0957. The molecule has 0 radical (unpaired) electrons. The van der Waals surface area contributed by atoms with Crippen molar-refractivity contribution in [3.8, 4) is 0 Å². The van der Waals surface area contributed by atoms with Crippen LogP contribution in [0.3, 0.4) is 0 Å². The van der Waals surface area contributed by atoms with Crippen molar-refractivity contribution in [1.29, 1.82) is 0 Å². The predicted octanol–water partition coefficient (Wildman–Crippen LogP) is 2.85. The molecule has 4 rings (SSSR count). The molecule has 108 valence electrons. The predicted molar refractivity (Wildman–Crippen MR) is 85.5 cm³/mol. The van der Waals surface area contributed by atoms with E-state index in [0.717, 1.165) is 35.2 Å². The van der Waals surface area contributed by atoms with Gasteiger partial charge < -0.3 is 9.72 Å². The van der Waals surface area contributed by atoms with Crippen molar-refractivity contribution in [3.63, 3.8) is 0 Å². The second-order valence-corrected chi connectivity index (χ2v) is 6.53. The minimum atomic E-state index is -0.0488. The molecule has 0 aromatic carbocycles. The molecule has 7 heteroatoms. The molecule has 1 N–H and O–H groups in total. The Bertz CT molecular complexity index is 935. The van der Waals surface area contributed by atoms with Crippen LogP contribution in [-0.2, 0) is 11.3 Å². The van der Waals surface area contributed by atoms with Crippen molar-refractivity contribution in [2.75, 3.05) is 6.61 Å². The number of hydrogen-bond acceptors (Lipinski definition) is 5. The van der Waals surface area contributed by atoms with Crippen molar-refractivity contribution < 1.29 is 4.74 Å². The summed E-state index contributed by atoms with van der Waals surface area (Å²) in [6, 6.07) is 3.82. The van der Waals surface area contributed by atoms with Crippen LogP contribution in [0.25, 0.3) is 20.4 Å². The molecule has 1 aliphatic heterocycles. The van der Waals surface area contributed by atoms with E-state index < -0.39 is 0 Å². The van der Waals surface area contributed by atoms with E-state index in [9.17, 15) is 4.79 Å². The summed E-state index contributed by atoms with van der Waals surface area (Å²) in [5.41, 5.74) is 0.744. The summed E-state index contributed by atoms with van der Waals surface area (Å²) in [6.07, 6.45) is 3.85. The first-order valence-corrected chi connectivity index (χ1v) is 8.08. The fraction of sp³-hybridized carbons (Fsp3) is 0.357. The van der Waals surface area contributed by atoms with Crippen molar-refractivity contribution in [1.82, 2.24) is 14.5 Å². The third kappa shape index (κ3) is 2.12. The van der Waals surface area contributed by atoms with Crippen LogP contribution in [-0.4, -0.2) is 27.2 Å². The first-order valence-electron chi connectivity index (χ1n) is 6.86. The van der Waals surface area contributed by atoms with E-state index in [1.54, 1.807) is 10.8 Å². The molecule has 0 unspecified atom stereocenters. The number of H-pyrrole nitrogens is 1. The summed E-state index contributed by atoms with van der Waals surface area (Å²) in [5, 5.41) is 0.949. The van der Waals surface area contributed by atoms with Crippen LogP contribution >= 0.6 is 23.6 Å². The summed E-state index contributed by atoms with van der Waals surface area (Å²) in [4.78, 5) is 21.1. The van der Waals surface area contributed by atoms with E-state index >= 15 is 0 Å². The quantitative estimate of drug-likeness (QED) is 0.738. The van der Waals surface area contributed by atoms with Crippen LogP contribution in [0.15, 0.2) is 23.1 Å². The molecule has 5 nitrogen and oxygen atoms in total. The van der Waals surface area contributed by atoms with E-state index in [1.165, 1.54) is 11.3 Å². The second kappa shape index (κ2) is 5.01. The third-order valence-corrected chi connectivity index (χ3v) is 5.22. The Morgan fingerprint density at radius 2 is 2.48 bits per heavy atom. The first-order chi connectivity index (χ1) is 10.2. The summed E-state index contributed by atoms with van der Waals surface area (Å²) in [6.45, 7) is 1.29. The summed E-state index contributed by atoms with van der Waals surface area (Å²) in [5.74, 6) is 0. The Morgan fingerprint density at radius 3 is 3.29 bits per heavy atom. The van der Waals surface area contributed by atoms with Crippen LogP contribution in [0.5, 0.6) is 0 Å². The van der Waals surface area contributed by atoms with Crippen molar-refractivity contribution in [2.45, 2.75) is 25.5 Å². The Hall–Kier alpha value is -1.57. The molecule has 1 saturated heterocycles. The Kier molecular flexibility index (Phi) is 3.13. The summed E-state index contributed by atoms with van der Waals surface area (Å²) < 4.78 is 8.35. The number of hydrogen-bond donors (Lipinski definition) is 1. The maximum Gasteiger partial charge on any atom is 0.272 e. The highest BCUT2D eigenvalue weighted by Gasteiger charge is 2.19. The van der Waals surface area contributed by atoms with Gasteiger partial charge in [-0.25, -0.2) is 4.98 Å². The molecular formula is C14H13N3O2S2. The number of nitrogens with one attached hydrogen (secondary N) is 1. The summed E-state index contributed by atoms with van der Waals surface area (Å²) in [7, 11) is 0. The second-order valence-electron chi connectivity index (χ2n) is 5.14. The lowest BCUT2D eigenvalue weighted by Crippen LogP contribution is -2.27. The number of aromatic nitrogens is 3. The van der Waals surface area contributed by atoms with Gasteiger partial charge in [0.05, 0.1) is 18.2 Å². The van der Waals surface area contributed by atoms with Crippen molar-refractivity contribution in [2.24, 2.45) is 0 Å². The maximum absolute atomic E-state index is 12.7. The average Bonchev–Trinajstić information content (AvgIpc) is 3.11. The van der Waals surface area contributed by atoms with Gasteiger partial charge in [0.25, 0.3) is 5.56 Å². The van der Waals surface area contributed by atoms with Gasteiger partial charge in [-0.3, -0.25) is 9.36 Å². The molecule has 0 aliphatic carbocycles. The fourth-order valence-electron chi connectivity index (χ4n) is 2.75. The van der Waals surface area contributed by atoms with Crippen LogP contribution in [0.1, 0.15) is 12.8 Å². The number of fused-ring (bicyclic) bond motifs is 3. The molecule has 1 atom stereocenters. The molecular weight excluding hydrogens is 306 g/mol. The Balaban J connectivity index is 1.94. The van der Waals surface area contributed by atoms with Gasteiger partial charge in [-0.2, -0.15) is 0 Å².